The summed E-state index contributed by atoms with van der Waals surface area (Å²) < 4.78 is 8.41. The monoisotopic (exact) mass is 277 g/mol. The molecule has 1 aromatic rings. The lowest BCUT2D eigenvalue weighted by Gasteiger charge is -2.36. The van der Waals surface area contributed by atoms with Crippen LogP contribution in [-0.4, -0.2) is 46.3 Å². The molecule has 4 nitrogen and oxygen atoms in total. The maximum Gasteiger partial charge on any atom is 0.106 e. The third-order valence-electron chi connectivity index (χ3n) is 4.71. The molecule has 2 aliphatic rings. The average Bonchev–Trinajstić information content (AvgIpc) is 2.76. The van der Waals surface area contributed by atoms with Gasteiger partial charge in [-0.1, -0.05) is 0 Å². The van der Waals surface area contributed by atoms with Gasteiger partial charge in [-0.3, -0.25) is 4.90 Å². The van der Waals surface area contributed by atoms with Crippen molar-refractivity contribution < 1.29 is 4.74 Å². The molecule has 0 radical (unpaired) electrons. The fourth-order valence-electron chi connectivity index (χ4n) is 3.50. The first kappa shape index (κ1) is 14.1. The van der Waals surface area contributed by atoms with Crippen LogP contribution in [0, 0.1) is 6.92 Å². The third kappa shape index (κ3) is 2.77. The van der Waals surface area contributed by atoms with E-state index in [-0.39, 0.29) is 0 Å². The molecule has 1 aliphatic heterocycles. The summed E-state index contributed by atoms with van der Waals surface area (Å²) in [5, 5.41) is 0. The molecule has 1 unspecified atom stereocenters. The van der Waals surface area contributed by atoms with Crippen LogP contribution in [0.1, 0.15) is 43.9 Å². The Balaban J connectivity index is 1.73. The van der Waals surface area contributed by atoms with Gasteiger partial charge in [-0.2, -0.15) is 0 Å². The van der Waals surface area contributed by atoms with Crippen molar-refractivity contribution >= 4 is 0 Å². The smallest absolute Gasteiger partial charge is 0.106 e. The van der Waals surface area contributed by atoms with Crippen LogP contribution in [-0.2, 0) is 24.1 Å². The van der Waals surface area contributed by atoms with Gasteiger partial charge in [0.2, 0.25) is 0 Å². The van der Waals surface area contributed by atoms with Crippen molar-refractivity contribution in [3.05, 3.63) is 17.2 Å². The Morgan fingerprint density at radius 1 is 1.30 bits per heavy atom. The van der Waals surface area contributed by atoms with Crippen molar-refractivity contribution in [1.29, 1.82) is 0 Å². The minimum atomic E-state index is 0.310. The van der Waals surface area contributed by atoms with Crippen molar-refractivity contribution in [2.45, 2.75) is 65.1 Å². The fourth-order valence-corrected chi connectivity index (χ4v) is 3.50. The second-order valence-electron chi connectivity index (χ2n) is 6.45. The van der Waals surface area contributed by atoms with Gasteiger partial charge in [0.25, 0.3) is 0 Å². The molecule has 0 N–H and O–H groups in total. The summed E-state index contributed by atoms with van der Waals surface area (Å²) in [5.74, 6) is 1.17. The molecule has 3 rings (SSSR count). The Morgan fingerprint density at radius 2 is 2.10 bits per heavy atom. The molecule has 4 heteroatoms. The number of imidazole rings is 1. The summed E-state index contributed by atoms with van der Waals surface area (Å²) in [5.41, 5.74) is 2.81. The molecule has 20 heavy (non-hydrogen) atoms. The Hall–Kier alpha value is -0.870. The van der Waals surface area contributed by atoms with Crippen LogP contribution in [0.15, 0.2) is 0 Å². The molecule has 1 aromatic heterocycles. The molecular weight excluding hydrogens is 250 g/mol. The van der Waals surface area contributed by atoms with Crippen LogP contribution in [0.2, 0.25) is 0 Å². The third-order valence-corrected chi connectivity index (χ3v) is 4.71. The number of rotatable bonds is 3. The first-order chi connectivity index (χ1) is 9.65. The van der Waals surface area contributed by atoms with E-state index in [1.54, 1.807) is 0 Å². The molecule has 0 bridgehead atoms. The average molecular weight is 277 g/mol. The molecule has 1 saturated heterocycles. The maximum atomic E-state index is 5.99. The topological polar surface area (TPSA) is 30.3 Å². The number of aromatic nitrogens is 2. The molecule has 1 atom stereocenters. The van der Waals surface area contributed by atoms with Crippen LogP contribution in [0.25, 0.3) is 0 Å². The minimum Gasteiger partial charge on any atom is -0.374 e. The summed E-state index contributed by atoms with van der Waals surface area (Å²) >= 11 is 0. The quantitative estimate of drug-likeness (QED) is 0.848. The normalized spacial score (nSPS) is 24.1. The minimum absolute atomic E-state index is 0.310. The number of fused-ring (bicyclic) bond motifs is 1. The van der Waals surface area contributed by atoms with Crippen LogP contribution in [0.5, 0.6) is 0 Å². The molecule has 112 valence electrons. The molecular formula is C16H27N3O. The highest BCUT2D eigenvalue weighted by Gasteiger charge is 2.25. The van der Waals surface area contributed by atoms with E-state index in [2.05, 4.69) is 30.2 Å². The molecule has 0 spiro atoms. The largest absolute Gasteiger partial charge is 0.374 e. The van der Waals surface area contributed by atoms with Crippen molar-refractivity contribution in [2.75, 3.05) is 19.7 Å². The summed E-state index contributed by atoms with van der Waals surface area (Å²) in [6, 6.07) is 0.610. The van der Waals surface area contributed by atoms with Crippen molar-refractivity contribution in [2.24, 2.45) is 0 Å². The first-order valence-electron chi connectivity index (χ1n) is 8.05. The van der Waals surface area contributed by atoms with Crippen molar-refractivity contribution in [3.8, 4) is 0 Å². The highest BCUT2D eigenvalue weighted by Crippen LogP contribution is 2.23. The first-order valence-corrected chi connectivity index (χ1v) is 8.05. The SMILES string of the molecule is Cc1nc2c(n1CC1CN(C(C)C)CCO1)CCCC2. The number of hydrogen-bond acceptors (Lipinski definition) is 3. The number of morpholine rings is 1. The highest BCUT2D eigenvalue weighted by atomic mass is 16.5. The molecule has 0 amide bonds. The van der Waals surface area contributed by atoms with Gasteiger partial charge in [0, 0.05) is 24.8 Å². The lowest BCUT2D eigenvalue weighted by Crippen LogP contribution is -2.47. The van der Waals surface area contributed by atoms with Gasteiger partial charge in [-0.25, -0.2) is 4.98 Å². The predicted octanol–water partition coefficient (Wildman–Crippen LogP) is 2.18. The van der Waals surface area contributed by atoms with E-state index in [9.17, 15) is 0 Å². The van der Waals surface area contributed by atoms with Crippen LogP contribution in [0.3, 0.4) is 0 Å². The van der Waals surface area contributed by atoms with Gasteiger partial charge in [-0.05, 0) is 46.5 Å². The van der Waals surface area contributed by atoms with Gasteiger partial charge >= 0.3 is 0 Å². The van der Waals surface area contributed by atoms with Gasteiger partial charge in [0.1, 0.15) is 5.82 Å². The van der Waals surface area contributed by atoms with E-state index < -0.39 is 0 Å². The number of ether oxygens (including phenoxy) is 1. The van der Waals surface area contributed by atoms with Crippen molar-refractivity contribution in [1.82, 2.24) is 14.5 Å². The Morgan fingerprint density at radius 3 is 2.90 bits per heavy atom. The van der Waals surface area contributed by atoms with Gasteiger partial charge < -0.3 is 9.30 Å². The molecule has 0 saturated carbocycles. The second-order valence-corrected chi connectivity index (χ2v) is 6.45. The predicted molar refractivity (Wildman–Crippen MR) is 80.1 cm³/mol. The number of hydrogen-bond donors (Lipinski definition) is 0. The number of aryl methyl sites for hydroxylation is 2. The van der Waals surface area contributed by atoms with Gasteiger partial charge in [0.05, 0.1) is 24.9 Å². The van der Waals surface area contributed by atoms with Crippen LogP contribution in [0.4, 0.5) is 0 Å². The summed E-state index contributed by atoms with van der Waals surface area (Å²) in [7, 11) is 0. The lowest BCUT2D eigenvalue weighted by molar-refractivity contribution is -0.0461. The molecule has 1 fully saturated rings. The van der Waals surface area contributed by atoms with E-state index in [1.807, 2.05) is 0 Å². The summed E-state index contributed by atoms with van der Waals surface area (Å²) in [6.45, 7) is 10.6. The Kier molecular flexibility index (Phi) is 4.13. The van der Waals surface area contributed by atoms with Crippen LogP contribution < -0.4 is 0 Å². The number of nitrogens with zero attached hydrogens (tertiary/aromatic N) is 3. The summed E-state index contributed by atoms with van der Waals surface area (Å²) in [6.07, 6.45) is 5.26. The Labute approximate surface area is 122 Å². The summed E-state index contributed by atoms with van der Waals surface area (Å²) in [4.78, 5) is 7.29. The van der Waals surface area contributed by atoms with Gasteiger partial charge in [0.15, 0.2) is 0 Å². The molecule has 2 heterocycles. The second kappa shape index (κ2) is 5.86. The van der Waals surface area contributed by atoms with E-state index in [0.717, 1.165) is 32.7 Å². The lowest BCUT2D eigenvalue weighted by atomic mass is 10.0. The Bertz CT molecular complexity index is 467. The van der Waals surface area contributed by atoms with E-state index in [4.69, 9.17) is 9.72 Å². The van der Waals surface area contributed by atoms with E-state index in [0.29, 0.717) is 12.1 Å². The van der Waals surface area contributed by atoms with Crippen molar-refractivity contribution in [3.63, 3.8) is 0 Å². The van der Waals surface area contributed by atoms with Gasteiger partial charge in [-0.15, -0.1) is 0 Å². The molecule has 0 aromatic carbocycles. The van der Waals surface area contributed by atoms with Crippen LogP contribution >= 0.6 is 0 Å². The molecule has 1 aliphatic carbocycles. The zero-order valence-corrected chi connectivity index (χ0v) is 13.1. The zero-order valence-electron chi connectivity index (χ0n) is 13.1. The maximum absolute atomic E-state index is 5.99. The highest BCUT2D eigenvalue weighted by molar-refractivity contribution is 5.20. The van der Waals surface area contributed by atoms with E-state index >= 15 is 0 Å². The zero-order chi connectivity index (χ0) is 14.1. The fraction of sp³-hybridized carbons (Fsp3) is 0.812. The van der Waals surface area contributed by atoms with E-state index in [1.165, 1.54) is 36.5 Å². The standard InChI is InChI=1S/C16H27N3O/c1-12(2)18-8-9-20-14(10-18)11-19-13(3)17-15-6-4-5-7-16(15)19/h12,14H,4-11H2,1-3H3.